The molecule has 2 rings (SSSR count). The van der Waals surface area contributed by atoms with E-state index in [2.05, 4.69) is 44.8 Å². The highest BCUT2D eigenvalue weighted by Gasteiger charge is 2.26. The molecule has 1 aromatic carbocycles. The van der Waals surface area contributed by atoms with Crippen molar-refractivity contribution < 1.29 is 4.39 Å². The third-order valence-corrected chi connectivity index (χ3v) is 4.84. The van der Waals surface area contributed by atoms with Crippen molar-refractivity contribution in [3.05, 3.63) is 29.6 Å². The molecule has 0 aliphatic carbocycles. The average Bonchev–Trinajstić information content (AvgIpc) is 2.34. The molecule has 1 aliphatic rings. The van der Waals surface area contributed by atoms with Crippen molar-refractivity contribution in [3.63, 3.8) is 0 Å². The Bertz CT molecular complexity index is 474. The Hall–Kier alpha value is -0.740. The molecule has 1 aromatic rings. The molecule has 0 spiro atoms. The van der Waals surface area contributed by atoms with Gasteiger partial charge in [-0.05, 0) is 32.4 Å². The molecular weight excluding hydrogens is 283 g/mol. The summed E-state index contributed by atoms with van der Waals surface area (Å²) >= 11 is 1.99. The smallest absolute Gasteiger partial charge is 0.146 e. The lowest BCUT2D eigenvalue weighted by atomic mass is 10.1. The van der Waals surface area contributed by atoms with Crippen LogP contribution in [-0.4, -0.2) is 29.1 Å². The van der Waals surface area contributed by atoms with E-state index in [-0.39, 0.29) is 11.4 Å². The number of rotatable bonds is 3. The topological polar surface area (TPSA) is 15.3 Å². The molecule has 0 aromatic heterocycles. The quantitative estimate of drug-likeness (QED) is 0.907. The summed E-state index contributed by atoms with van der Waals surface area (Å²) in [6, 6.07) is 5.42. The van der Waals surface area contributed by atoms with Gasteiger partial charge in [0.25, 0.3) is 0 Å². The van der Waals surface area contributed by atoms with E-state index in [1.54, 1.807) is 6.07 Å². The minimum atomic E-state index is -0.102. The van der Waals surface area contributed by atoms with Crippen LogP contribution in [0.15, 0.2) is 18.2 Å². The number of nitrogens with one attached hydrogen (secondary N) is 1. The molecule has 118 valence electrons. The van der Waals surface area contributed by atoms with E-state index >= 15 is 0 Å². The van der Waals surface area contributed by atoms with Crippen LogP contribution in [0.2, 0.25) is 0 Å². The van der Waals surface area contributed by atoms with E-state index in [1.807, 2.05) is 23.9 Å². The highest BCUT2D eigenvalue weighted by atomic mass is 32.2. The highest BCUT2D eigenvalue weighted by Crippen LogP contribution is 2.32. The molecule has 2 nitrogen and oxygen atoms in total. The first-order valence-corrected chi connectivity index (χ1v) is 8.63. The van der Waals surface area contributed by atoms with E-state index in [9.17, 15) is 4.39 Å². The van der Waals surface area contributed by atoms with Crippen LogP contribution < -0.4 is 10.2 Å². The lowest BCUT2D eigenvalue weighted by Gasteiger charge is -2.37. The lowest BCUT2D eigenvalue weighted by Crippen LogP contribution is -2.42. The maximum Gasteiger partial charge on any atom is 0.146 e. The maximum atomic E-state index is 14.4. The number of hydrogen-bond donors (Lipinski definition) is 1. The number of hydrogen-bond acceptors (Lipinski definition) is 3. The van der Waals surface area contributed by atoms with Crippen LogP contribution >= 0.6 is 11.8 Å². The Labute approximate surface area is 132 Å². The fourth-order valence-electron chi connectivity index (χ4n) is 2.78. The molecule has 1 aliphatic heterocycles. The van der Waals surface area contributed by atoms with Gasteiger partial charge < -0.3 is 10.2 Å². The Morgan fingerprint density at radius 3 is 2.43 bits per heavy atom. The second-order valence-corrected chi connectivity index (χ2v) is 8.90. The number of nitrogens with zero attached hydrogens (tertiary/aromatic N) is 1. The van der Waals surface area contributed by atoms with Crippen LogP contribution in [0.4, 0.5) is 10.1 Å². The van der Waals surface area contributed by atoms with Gasteiger partial charge in [0.15, 0.2) is 0 Å². The molecule has 21 heavy (non-hydrogen) atoms. The molecular formula is C17H27FN2S. The average molecular weight is 310 g/mol. The Morgan fingerprint density at radius 2 is 1.86 bits per heavy atom. The van der Waals surface area contributed by atoms with Gasteiger partial charge in [-0.2, -0.15) is 11.8 Å². The summed E-state index contributed by atoms with van der Waals surface area (Å²) in [5.74, 6) is -0.102. The van der Waals surface area contributed by atoms with Crippen molar-refractivity contribution in [1.29, 1.82) is 0 Å². The van der Waals surface area contributed by atoms with Crippen molar-refractivity contribution in [2.24, 2.45) is 0 Å². The van der Waals surface area contributed by atoms with Crippen molar-refractivity contribution >= 4 is 17.4 Å². The molecule has 0 radical (unpaired) electrons. The molecule has 0 bridgehead atoms. The van der Waals surface area contributed by atoms with E-state index in [4.69, 9.17) is 0 Å². The van der Waals surface area contributed by atoms with E-state index in [1.165, 1.54) is 0 Å². The number of thioether (sulfide) groups is 1. The fourth-order valence-corrected chi connectivity index (χ4v) is 4.10. The zero-order valence-electron chi connectivity index (χ0n) is 13.7. The fraction of sp³-hybridized carbons (Fsp3) is 0.647. The molecule has 4 heteroatoms. The highest BCUT2D eigenvalue weighted by molar-refractivity contribution is 8.00. The second-order valence-electron chi connectivity index (χ2n) is 7.01. The predicted octanol–water partition coefficient (Wildman–Crippen LogP) is 4.04. The summed E-state index contributed by atoms with van der Waals surface area (Å²) in [5, 5.41) is 4.55. The summed E-state index contributed by atoms with van der Waals surface area (Å²) in [7, 11) is 0. The van der Waals surface area contributed by atoms with Crippen LogP contribution in [-0.2, 0) is 6.54 Å². The number of anilines is 1. The minimum Gasteiger partial charge on any atom is -0.367 e. The molecule has 1 fully saturated rings. The number of para-hydroxylation sites is 1. The van der Waals surface area contributed by atoms with Crippen LogP contribution in [0.3, 0.4) is 0 Å². The van der Waals surface area contributed by atoms with Gasteiger partial charge in [0.2, 0.25) is 0 Å². The number of benzene rings is 1. The van der Waals surface area contributed by atoms with Gasteiger partial charge in [0.1, 0.15) is 5.82 Å². The minimum absolute atomic E-state index is 0.0297. The Kier molecular flexibility index (Phi) is 5.20. The van der Waals surface area contributed by atoms with Gasteiger partial charge in [0.05, 0.1) is 5.69 Å². The predicted molar refractivity (Wildman–Crippen MR) is 91.7 cm³/mol. The van der Waals surface area contributed by atoms with Crippen molar-refractivity contribution in [3.8, 4) is 0 Å². The summed E-state index contributed by atoms with van der Waals surface area (Å²) < 4.78 is 14.4. The summed E-state index contributed by atoms with van der Waals surface area (Å²) in [6.45, 7) is 13.4. The van der Waals surface area contributed by atoms with Gasteiger partial charge in [-0.15, -0.1) is 0 Å². The zero-order chi connectivity index (χ0) is 15.6. The molecule has 0 amide bonds. The van der Waals surface area contributed by atoms with Gasteiger partial charge in [-0.3, -0.25) is 0 Å². The van der Waals surface area contributed by atoms with Gasteiger partial charge in [0, 0.05) is 35.7 Å². The first-order chi connectivity index (χ1) is 9.76. The summed E-state index contributed by atoms with van der Waals surface area (Å²) in [5.41, 5.74) is 1.87. The summed E-state index contributed by atoms with van der Waals surface area (Å²) in [6.07, 6.45) is 0. The van der Waals surface area contributed by atoms with Gasteiger partial charge in [-0.25, -0.2) is 4.39 Å². The molecule has 2 atom stereocenters. The van der Waals surface area contributed by atoms with Gasteiger partial charge >= 0.3 is 0 Å². The van der Waals surface area contributed by atoms with Crippen molar-refractivity contribution in [1.82, 2.24) is 5.32 Å². The van der Waals surface area contributed by atoms with Crippen LogP contribution in [0.25, 0.3) is 0 Å². The third kappa shape index (κ3) is 4.62. The monoisotopic (exact) mass is 310 g/mol. The Morgan fingerprint density at radius 1 is 1.24 bits per heavy atom. The molecule has 0 saturated carbocycles. The SMILES string of the molecule is CC1CN(c2c(F)cccc2CNC(C)(C)C)CC(C)S1. The van der Waals surface area contributed by atoms with Crippen molar-refractivity contribution in [2.75, 3.05) is 18.0 Å². The van der Waals surface area contributed by atoms with Crippen LogP contribution in [0, 0.1) is 5.82 Å². The first kappa shape index (κ1) is 16.6. The molecule has 2 unspecified atom stereocenters. The molecule has 1 heterocycles. The first-order valence-electron chi connectivity index (χ1n) is 7.69. The third-order valence-electron chi connectivity index (χ3n) is 3.62. The van der Waals surface area contributed by atoms with E-state index in [0.29, 0.717) is 17.0 Å². The lowest BCUT2D eigenvalue weighted by molar-refractivity contribution is 0.423. The van der Waals surface area contributed by atoms with Crippen LogP contribution in [0.1, 0.15) is 40.2 Å². The second kappa shape index (κ2) is 6.57. The van der Waals surface area contributed by atoms with Crippen LogP contribution in [0.5, 0.6) is 0 Å². The number of halogens is 1. The largest absolute Gasteiger partial charge is 0.367 e. The molecule has 1 N–H and O–H groups in total. The Balaban J connectivity index is 2.25. The zero-order valence-corrected chi connectivity index (χ0v) is 14.6. The van der Waals surface area contributed by atoms with E-state index in [0.717, 1.165) is 24.3 Å². The normalized spacial score (nSPS) is 23.4. The van der Waals surface area contributed by atoms with Crippen molar-refractivity contribution in [2.45, 2.75) is 57.2 Å². The summed E-state index contributed by atoms with van der Waals surface area (Å²) in [4.78, 5) is 2.22. The standard InChI is InChI=1S/C17H27FN2S/c1-12-10-20(11-13(2)21-12)16-14(7-6-8-15(16)18)9-19-17(3,4)5/h6-8,12-13,19H,9-11H2,1-5H3. The van der Waals surface area contributed by atoms with E-state index < -0.39 is 0 Å². The van der Waals surface area contributed by atoms with Gasteiger partial charge in [-0.1, -0.05) is 26.0 Å². The molecule has 1 saturated heterocycles. The maximum absolute atomic E-state index is 14.4.